The molecule has 0 aliphatic heterocycles. The summed E-state index contributed by atoms with van der Waals surface area (Å²) in [7, 11) is 0. The van der Waals surface area contributed by atoms with Gasteiger partial charge in [0, 0.05) is 12.6 Å². The summed E-state index contributed by atoms with van der Waals surface area (Å²) >= 11 is 0. The quantitative estimate of drug-likeness (QED) is 0.664. The molecule has 0 heterocycles. The molecule has 0 fully saturated rings. The Morgan fingerprint density at radius 2 is 1.96 bits per heavy atom. The molecule has 138 valence electrons. The first-order valence-corrected chi connectivity index (χ1v) is 8.80. The summed E-state index contributed by atoms with van der Waals surface area (Å²) in [4.78, 5) is 23.1. The van der Waals surface area contributed by atoms with E-state index < -0.39 is 0 Å². The summed E-state index contributed by atoms with van der Waals surface area (Å²) < 4.78 is 11.0. The van der Waals surface area contributed by atoms with Crippen LogP contribution in [0, 0.1) is 6.92 Å². The Morgan fingerprint density at radius 3 is 2.69 bits per heavy atom. The van der Waals surface area contributed by atoms with E-state index in [1.165, 1.54) is 11.1 Å². The molecule has 26 heavy (non-hydrogen) atoms. The molecule has 5 nitrogen and oxygen atoms in total. The van der Waals surface area contributed by atoms with E-state index in [1.807, 2.05) is 19.1 Å². The van der Waals surface area contributed by atoms with Gasteiger partial charge >= 0.3 is 0 Å². The van der Waals surface area contributed by atoms with Gasteiger partial charge in [-0.1, -0.05) is 31.2 Å². The largest absolute Gasteiger partial charge is 0.493 e. The highest BCUT2D eigenvalue weighted by Crippen LogP contribution is 2.24. The maximum absolute atomic E-state index is 12.0. The molecule has 0 bridgehead atoms. The molecule has 2 aromatic rings. The Bertz CT molecular complexity index is 743. The van der Waals surface area contributed by atoms with Gasteiger partial charge < -0.3 is 14.8 Å². The Kier molecular flexibility index (Phi) is 7.68. The smallest absolute Gasteiger partial charge is 0.257 e. The third kappa shape index (κ3) is 5.92. The number of amides is 1. The zero-order chi connectivity index (χ0) is 18.8. The van der Waals surface area contributed by atoms with Crippen LogP contribution in [0.2, 0.25) is 0 Å². The van der Waals surface area contributed by atoms with Crippen molar-refractivity contribution in [2.24, 2.45) is 0 Å². The zero-order valence-corrected chi connectivity index (χ0v) is 15.3. The van der Waals surface area contributed by atoms with E-state index in [9.17, 15) is 9.59 Å². The number of aryl methyl sites for hydroxylation is 1. The van der Waals surface area contributed by atoms with E-state index in [4.69, 9.17) is 9.47 Å². The van der Waals surface area contributed by atoms with Gasteiger partial charge in [-0.2, -0.15) is 0 Å². The molecule has 5 heteroatoms. The molecular weight excluding hydrogens is 330 g/mol. The number of carbonyl (C=O) groups is 2. The van der Waals surface area contributed by atoms with E-state index in [0.29, 0.717) is 36.5 Å². The molecule has 0 aliphatic rings. The Hall–Kier alpha value is -2.82. The van der Waals surface area contributed by atoms with Crippen LogP contribution in [0.15, 0.2) is 42.5 Å². The van der Waals surface area contributed by atoms with Crippen molar-refractivity contribution in [2.75, 3.05) is 19.8 Å². The van der Waals surface area contributed by atoms with E-state index in [-0.39, 0.29) is 12.5 Å². The van der Waals surface area contributed by atoms with Crippen molar-refractivity contribution in [3.63, 3.8) is 0 Å². The number of aldehydes is 1. The highest BCUT2D eigenvalue weighted by molar-refractivity contribution is 5.81. The van der Waals surface area contributed by atoms with Crippen LogP contribution >= 0.6 is 0 Å². The number of benzene rings is 2. The van der Waals surface area contributed by atoms with Crippen molar-refractivity contribution in [3.05, 3.63) is 59.2 Å². The van der Waals surface area contributed by atoms with Gasteiger partial charge in [-0.25, -0.2) is 0 Å². The Labute approximate surface area is 154 Å². The van der Waals surface area contributed by atoms with Gasteiger partial charge in [0.1, 0.15) is 11.5 Å². The molecule has 0 radical (unpaired) electrons. The topological polar surface area (TPSA) is 64.6 Å². The van der Waals surface area contributed by atoms with Gasteiger partial charge in [0.2, 0.25) is 0 Å². The fourth-order valence-corrected chi connectivity index (χ4v) is 2.47. The fourth-order valence-electron chi connectivity index (χ4n) is 2.47. The minimum absolute atomic E-state index is 0.147. The van der Waals surface area contributed by atoms with E-state index in [1.54, 1.807) is 18.2 Å². The Morgan fingerprint density at radius 1 is 1.15 bits per heavy atom. The number of nitrogens with one attached hydrogen (secondary N) is 1. The lowest BCUT2D eigenvalue weighted by Gasteiger charge is -2.12. The van der Waals surface area contributed by atoms with E-state index in [0.717, 1.165) is 12.8 Å². The molecule has 0 saturated heterocycles. The summed E-state index contributed by atoms with van der Waals surface area (Å²) in [6, 6.07) is 13.1. The standard InChI is InChI=1S/C21H25NO4/c1-3-12-25-19-9-8-18(14-23)20(13-19)26-15-21(24)22-11-10-17-7-5-4-6-16(17)2/h4-9,13-14H,3,10-12,15H2,1-2H3,(H,22,24). The first kappa shape index (κ1) is 19.5. The second-order valence-electron chi connectivity index (χ2n) is 5.98. The summed E-state index contributed by atoms with van der Waals surface area (Å²) in [5, 5.41) is 2.83. The second-order valence-corrected chi connectivity index (χ2v) is 5.98. The fraction of sp³-hybridized carbons (Fsp3) is 0.333. The third-order valence-corrected chi connectivity index (χ3v) is 3.92. The molecule has 0 atom stereocenters. The van der Waals surface area contributed by atoms with Crippen LogP contribution in [0.1, 0.15) is 34.8 Å². The lowest BCUT2D eigenvalue weighted by molar-refractivity contribution is -0.123. The molecule has 2 rings (SSSR count). The van der Waals surface area contributed by atoms with Gasteiger partial charge in [-0.15, -0.1) is 0 Å². The number of ether oxygens (including phenoxy) is 2. The van der Waals surface area contributed by atoms with Crippen molar-refractivity contribution in [1.29, 1.82) is 0 Å². The summed E-state index contributed by atoms with van der Waals surface area (Å²) in [5.41, 5.74) is 2.80. The number of hydrogen-bond donors (Lipinski definition) is 1. The predicted octanol–water partition coefficient (Wildman–Crippen LogP) is 3.33. The van der Waals surface area contributed by atoms with Gasteiger partial charge in [0.25, 0.3) is 5.91 Å². The molecule has 0 unspecified atom stereocenters. The van der Waals surface area contributed by atoms with Crippen LogP contribution in [-0.4, -0.2) is 32.0 Å². The predicted molar refractivity (Wildman–Crippen MR) is 101 cm³/mol. The second kappa shape index (κ2) is 10.2. The lowest BCUT2D eigenvalue weighted by atomic mass is 10.1. The molecule has 0 aromatic heterocycles. The molecule has 1 amide bonds. The van der Waals surface area contributed by atoms with Gasteiger partial charge in [0.15, 0.2) is 12.9 Å². The maximum atomic E-state index is 12.0. The van der Waals surface area contributed by atoms with Crippen LogP contribution in [-0.2, 0) is 11.2 Å². The normalized spacial score (nSPS) is 10.2. The van der Waals surface area contributed by atoms with Gasteiger partial charge in [-0.3, -0.25) is 9.59 Å². The Balaban J connectivity index is 1.84. The maximum Gasteiger partial charge on any atom is 0.257 e. The summed E-state index contributed by atoms with van der Waals surface area (Å²) in [6.07, 6.45) is 2.35. The van der Waals surface area contributed by atoms with Crippen LogP contribution in [0.3, 0.4) is 0 Å². The molecule has 0 saturated carbocycles. The average molecular weight is 355 g/mol. The lowest BCUT2D eigenvalue weighted by Crippen LogP contribution is -2.30. The molecule has 1 N–H and O–H groups in total. The SMILES string of the molecule is CCCOc1ccc(C=O)c(OCC(=O)NCCc2ccccc2C)c1. The van der Waals surface area contributed by atoms with Crippen molar-refractivity contribution in [2.45, 2.75) is 26.7 Å². The van der Waals surface area contributed by atoms with Crippen molar-refractivity contribution in [3.8, 4) is 11.5 Å². The average Bonchev–Trinajstić information content (AvgIpc) is 2.66. The molecule has 0 aliphatic carbocycles. The first-order valence-electron chi connectivity index (χ1n) is 8.80. The van der Waals surface area contributed by atoms with Gasteiger partial charge in [-0.05, 0) is 43.0 Å². The summed E-state index contributed by atoms with van der Waals surface area (Å²) in [5.74, 6) is 0.741. The van der Waals surface area contributed by atoms with Crippen molar-refractivity contribution < 1.29 is 19.1 Å². The highest BCUT2D eigenvalue weighted by atomic mass is 16.5. The summed E-state index contributed by atoms with van der Waals surface area (Å²) in [6.45, 7) is 5.03. The van der Waals surface area contributed by atoms with Crippen molar-refractivity contribution in [1.82, 2.24) is 5.32 Å². The number of hydrogen-bond acceptors (Lipinski definition) is 4. The molecule has 2 aromatic carbocycles. The minimum atomic E-state index is -0.227. The monoisotopic (exact) mass is 355 g/mol. The number of rotatable bonds is 10. The van der Waals surface area contributed by atoms with E-state index >= 15 is 0 Å². The molecular formula is C21H25NO4. The molecule has 0 spiro atoms. The first-order chi connectivity index (χ1) is 12.6. The van der Waals surface area contributed by atoms with E-state index in [2.05, 4.69) is 24.4 Å². The van der Waals surface area contributed by atoms with Crippen LogP contribution in [0.25, 0.3) is 0 Å². The minimum Gasteiger partial charge on any atom is -0.493 e. The van der Waals surface area contributed by atoms with Crippen molar-refractivity contribution >= 4 is 12.2 Å². The third-order valence-electron chi connectivity index (χ3n) is 3.92. The van der Waals surface area contributed by atoms with Gasteiger partial charge in [0.05, 0.1) is 12.2 Å². The van der Waals surface area contributed by atoms with Crippen LogP contribution in [0.5, 0.6) is 11.5 Å². The zero-order valence-electron chi connectivity index (χ0n) is 15.3. The van der Waals surface area contributed by atoms with Crippen LogP contribution < -0.4 is 14.8 Å². The number of carbonyl (C=O) groups excluding carboxylic acids is 2. The highest BCUT2D eigenvalue weighted by Gasteiger charge is 2.09. The van der Waals surface area contributed by atoms with Crippen LogP contribution in [0.4, 0.5) is 0 Å².